The number of carbonyl (C=O) groups is 1. The summed E-state index contributed by atoms with van der Waals surface area (Å²) in [6, 6.07) is 3.91. The molecule has 2 aromatic rings. The zero-order valence-electron chi connectivity index (χ0n) is 15.4. The van der Waals surface area contributed by atoms with Crippen LogP contribution in [0, 0.1) is 0 Å². The molecule has 0 aromatic carbocycles. The Morgan fingerprint density at radius 2 is 1.70 bits per heavy atom. The smallest absolute Gasteiger partial charge is 0.272 e. The molecule has 2 aliphatic rings. The molecule has 8 nitrogen and oxygen atoms in total. The average molecular weight is 367 g/mol. The summed E-state index contributed by atoms with van der Waals surface area (Å²) in [6.45, 7) is 2.70. The zero-order valence-corrected chi connectivity index (χ0v) is 15.4. The van der Waals surface area contributed by atoms with Crippen molar-refractivity contribution in [2.45, 2.75) is 38.1 Å². The molecule has 1 aliphatic carbocycles. The average Bonchev–Trinajstić information content (AvgIpc) is 2.75. The number of amides is 1. The predicted molar refractivity (Wildman–Crippen MR) is 103 cm³/mol. The number of aromatic nitrogens is 4. The van der Waals surface area contributed by atoms with Crippen LogP contribution in [0.4, 0.5) is 11.9 Å². The summed E-state index contributed by atoms with van der Waals surface area (Å²) >= 11 is 0. The van der Waals surface area contributed by atoms with E-state index in [1.807, 2.05) is 4.90 Å². The van der Waals surface area contributed by atoms with Crippen molar-refractivity contribution in [2.75, 3.05) is 36.4 Å². The molecule has 142 valence electrons. The second-order valence-electron chi connectivity index (χ2n) is 7.07. The van der Waals surface area contributed by atoms with Crippen LogP contribution in [0.2, 0.25) is 0 Å². The van der Waals surface area contributed by atoms with Gasteiger partial charge in [-0.15, -0.1) is 0 Å². The van der Waals surface area contributed by atoms with E-state index in [1.165, 1.54) is 19.3 Å². The molecule has 0 radical (unpaired) electrons. The maximum atomic E-state index is 12.8. The third-order valence-electron chi connectivity index (χ3n) is 5.21. The number of nitrogens with one attached hydrogen (secondary N) is 1. The maximum Gasteiger partial charge on any atom is 0.272 e. The van der Waals surface area contributed by atoms with Gasteiger partial charge in [0, 0.05) is 50.8 Å². The molecule has 1 saturated carbocycles. The van der Waals surface area contributed by atoms with Crippen LogP contribution in [-0.4, -0.2) is 63.0 Å². The van der Waals surface area contributed by atoms with Gasteiger partial charge in [-0.05, 0) is 25.0 Å². The number of hydrogen-bond donors (Lipinski definition) is 1. The topological polar surface area (TPSA) is 87.1 Å². The van der Waals surface area contributed by atoms with Gasteiger partial charge in [-0.25, -0.2) is 19.9 Å². The number of piperazine rings is 1. The van der Waals surface area contributed by atoms with Gasteiger partial charge in [-0.1, -0.05) is 19.3 Å². The van der Waals surface area contributed by atoms with Crippen molar-refractivity contribution in [1.29, 1.82) is 0 Å². The Balaban J connectivity index is 1.36. The first-order valence-electron chi connectivity index (χ1n) is 9.70. The van der Waals surface area contributed by atoms with Gasteiger partial charge in [0.1, 0.15) is 5.69 Å². The van der Waals surface area contributed by atoms with E-state index < -0.39 is 0 Å². The lowest BCUT2D eigenvalue weighted by Gasteiger charge is -2.34. The fraction of sp³-hybridized carbons (Fsp3) is 0.526. The maximum absolute atomic E-state index is 12.8. The molecule has 8 heteroatoms. The van der Waals surface area contributed by atoms with Crippen LogP contribution < -0.4 is 10.2 Å². The van der Waals surface area contributed by atoms with Gasteiger partial charge in [0.15, 0.2) is 0 Å². The van der Waals surface area contributed by atoms with Crippen molar-refractivity contribution in [3.05, 3.63) is 36.4 Å². The molecular formula is C19H25N7O. The van der Waals surface area contributed by atoms with Gasteiger partial charge < -0.3 is 15.1 Å². The highest BCUT2D eigenvalue weighted by Crippen LogP contribution is 2.20. The van der Waals surface area contributed by atoms with Crippen LogP contribution in [0.25, 0.3) is 0 Å². The highest BCUT2D eigenvalue weighted by molar-refractivity contribution is 5.92. The first-order valence-corrected chi connectivity index (χ1v) is 9.70. The minimum atomic E-state index is -0.0438. The van der Waals surface area contributed by atoms with E-state index in [-0.39, 0.29) is 5.91 Å². The van der Waals surface area contributed by atoms with E-state index in [4.69, 9.17) is 0 Å². The van der Waals surface area contributed by atoms with Crippen molar-refractivity contribution < 1.29 is 4.79 Å². The van der Waals surface area contributed by atoms with Gasteiger partial charge in [0.05, 0.1) is 0 Å². The minimum absolute atomic E-state index is 0.0438. The fourth-order valence-corrected chi connectivity index (χ4v) is 3.70. The number of carbonyl (C=O) groups excluding carboxylic acids is 1. The van der Waals surface area contributed by atoms with E-state index in [0.717, 1.165) is 12.8 Å². The standard InChI is InChI=1S/C19H25N7O/c27-17(25-11-13-26(14-12-25)19-21-8-4-9-22-19)16-7-10-20-18(24-16)23-15-5-2-1-3-6-15/h4,7-10,15H,1-3,5-6,11-14H2,(H,20,23,24). The SMILES string of the molecule is O=C(c1ccnc(NC2CCCCC2)n1)N1CCN(c2ncccn2)CC1. The first kappa shape index (κ1) is 17.6. The van der Waals surface area contributed by atoms with Gasteiger partial charge in [-0.3, -0.25) is 4.79 Å². The Bertz CT molecular complexity index is 756. The molecule has 2 fully saturated rings. The van der Waals surface area contributed by atoms with Crippen LogP contribution >= 0.6 is 0 Å². The highest BCUT2D eigenvalue weighted by Gasteiger charge is 2.24. The number of rotatable bonds is 4. The first-order chi connectivity index (χ1) is 13.3. The van der Waals surface area contributed by atoms with Crippen LogP contribution in [0.3, 0.4) is 0 Å². The van der Waals surface area contributed by atoms with Crippen LogP contribution in [0.5, 0.6) is 0 Å². The summed E-state index contributed by atoms with van der Waals surface area (Å²) < 4.78 is 0. The molecule has 0 atom stereocenters. The molecule has 27 heavy (non-hydrogen) atoms. The fourth-order valence-electron chi connectivity index (χ4n) is 3.70. The lowest BCUT2D eigenvalue weighted by Crippen LogP contribution is -2.49. The lowest BCUT2D eigenvalue weighted by atomic mass is 9.96. The van der Waals surface area contributed by atoms with E-state index >= 15 is 0 Å². The van der Waals surface area contributed by atoms with E-state index in [0.29, 0.717) is 49.8 Å². The number of hydrogen-bond acceptors (Lipinski definition) is 7. The van der Waals surface area contributed by atoms with Crippen molar-refractivity contribution >= 4 is 17.8 Å². The molecule has 0 spiro atoms. The van der Waals surface area contributed by atoms with Crippen molar-refractivity contribution in [1.82, 2.24) is 24.8 Å². The Hall–Kier alpha value is -2.77. The third kappa shape index (κ3) is 4.32. The lowest BCUT2D eigenvalue weighted by molar-refractivity contribution is 0.0740. The summed E-state index contributed by atoms with van der Waals surface area (Å²) in [5.41, 5.74) is 0.452. The molecule has 2 aromatic heterocycles. The molecule has 0 bridgehead atoms. The molecule has 4 rings (SSSR count). The quantitative estimate of drug-likeness (QED) is 0.884. The van der Waals surface area contributed by atoms with Gasteiger partial charge in [0.2, 0.25) is 11.9 Å². The van der Waals surface area contributed by atoms with Crippen molar-refractivity contribution in [2.24, 2.45) is 0 Å². The van der Waals surface area contributed by atoms with Gasteiger partial charge in [-0.2, -0.15) is 0 Å². The monoisotopic (exact) mass is 367 g/mol. The van der Waals surface area contributed by atoms with Crippen LogP contribution in [-0.2, 0) is 0 Å². The van der Waals surface area contributed by atoms with E-state index in [2.05, 4.69) is 30.2 Å². The normalized spacial score (nSPS) is 18.4. The molecular weight excluding hydrogens is 342 g/mol. The molecule has 1 N–H and O–H groups in total. The molecule has 3 heterocycles. The Labute approximate surface area is 159 Å². The largest absolute Gasteiger partial charge is 0.351 e. The molecule has 0 unspecified atom stereocenters. The highest BCUT2D eigenvalue weighted by atomic mass is 16.2. The summed E-state index contributed by atoms with van der Waals surface area (Å²) in [5.74, 6) is 1.23. The Kier molecular flexibility index (Phi) is 5.41. The van der Waals surface area contributed by atoms with E-state index in [9.17, 15) is 4.79 Å². The minimum Gasteiger partial charge on any atom is -0.351 e. The second kappa shape index (κ2) is 8.28. The molecule has 1 amide bonds. The van der Waals surface area contributed by atoms with Crippen molar-refractivity contribution in [3.63, 3.8) is 0 Å². The third-order valence-corrected chi connectivity index (χ3v) is 5.21. The summed E-state index contributed by atoms with van der Waals surface area (Å²) in [5, 5.41) is 3.39. The molecule has 1 saturated heterocycles. The molecule has 1 aliphatic heterocycles. The van der Waals surface area contributed by atoms with Crippen molar-refractivity contribution in [3.8, 4) is 0 Å². The zero-order chi connectivity index (χ0) is 18.5. The predicted octanol–water partition coefficient (Wildman–Crippen LogP) is 1.97. The Morgan fingerprint density at radius 1 is 0.963 bits per heavy atom. The van der Waals surface area contributed by atoms with Crippen LogP contribution in [0.1, 0.15) is 42.6 Å². The van der Waals surface area contributed by atoms with Gasteiger partial charge >= 0.3 is 0 Å². The Morgan fingerprint density at radius 3 is 2.44 bits per heavy atom. The number of anilines is 2. The number of nitrogens with zero attached hydrogens (tertiary/aromatic N) is 6. The van der Waals surface area contributed by atoms with Gasteiger partial charge in [0.25, 0.3) is 5.91 Å². The second-order valence-corrected chi connectivity index (χ2v) is 7.07. The van der Waals surface area contributed by atoms with E-state index in [1.54, 1.807) is 30.7 Å². The van der Waals surface area contributed by atoms with Crippen LogP contribution in [0.15, 0.2) is 30.7 Å². The summed E-state index contributed by atoms with van der Waals surface area (Å²) in [7, 11) is 0. The summed E-state index contributed by atoms with van der Waals surface area (Å²) in [4.78, 5) is 34.1. The summed E-state index contributed by atoms with van der Waals surface area (Å²) in [6.07, 6.45) is 11.2.